The molecular weight excluding hydrogens is 436 g/mol. The molecule has 9 nitrogen and oxygen atoms in total. The van der Waals surface area contributed by atoms with Crippen molar-refractivity contribution in [1.29, 1.82) is 0 Å². The summed E-state index contributed by atoms with van der Waals surface area (Å²) < 4.78 is 50.4. The smallest absolute Gasteiger partial charge is 0.241 e. The summed E-state index contributed by atoms with van der Waals surface area (Å²) in [4.78, 5) is 12.9. The number of nitrogens with one attached hydrogen (secondary N) is 2. The van der Waals surface area contributed by atoms with Crippen LogP contribution < -0.4 is 29.0 Å². The molecule has 1 amide bonds. The maximum atomic E-state index is 13.0. The highest BCUT2D eigenvalue weighted by molar-refractivity contribution is 7.89. The van der Waals surface area contributed by atoms with Gasteiger partial charge in [-0.1, -0.05) is 19.9 Å². The Kier molecular flexibility index (Phi) is 6.43. The topological polar surface area (TPSA) is 112 Å². The number of hydrogen-bond donors (Lipinski definition) is 2. The summed E-state index contributed by atoms with van der Waals surface area (Å²) in [5, 5.41) is 2.80. The summed E-state index contributed by atoms with van der Waals surface area (Å²) in [6, 6.07) is 8.86. The Labute approximate surface area is 187 Å². The molecule has 0 saturated heterocycles. The van der Waals surface area contributed by atoms with E-state index in [1.807, 2.05) is 6.07 Å². The first-order valence-corrected chi connectivity index (χ1v) is 11.9. The second kappa shape index (κ2) is 9.25. The van der Waals surface area contributed by atoms with Crippen molar-refractivity contribution in [2.45, 2.75) is 31.3 Å². The zero-order chi connectivity index (χ0) is 22.7. The van der Waals surface area contributed by atoms with Crippen molar-refractivity contribution in [1.82, 2.24) is 10.0 Å². The molecule has 1 atom stereocenters. The van der Waals surface area contributed by atoms with Crippen LogP contribution in [0.4, 0.5) is 0 Å². The average Bonchev–Trinajstić information content (AvgIpc) is 2.80. The molecule has 0 aromatic heterocycles. The highest BCUT2D eigenvalue weighted by atomic mass is 32.2. The second-order valence-electron chi connectivity index (χ2n) is 7.84. The molecule has 10 heteroatoms. The Morgan fingerprint density at radius 1 is 0.875 bits per heavy atom. The van der Waals surface area contributed by atoms with Crippen LogP contribution in [0.25, 0.3) is 0 Å². The van der Waals surface area contributed by atoms with E-state index in [-0.39, 0.29) is 17.4 Å². The summed E-state index contributed by atoms with van der Waals surface area (Å²) in [6.07, 6.45) is 0. The number of fused-ring (bicyclic) bond motifs is 2. The first-order valence-electron chi connectivity index (χ1n) is 10.4. The van der Waals surface area contributed by atoms with E-state index in [0.717, 1.165) is 5.56 Å². The number of rotatable bonds is 7. The van der Waals surface area contributed by atoms with Gasteiger partial charge in [0, 0.05) is 12.6 Å². The van der Waals surface area contributed by atoms with Crippen molar-refractivity contribution in [3.63, 3.8) is 0 Å². The van der Waals surface area contributed by atoms with E-state index in [9.17, 15) is 13.2 Å². The largest absolute Gasteiger partial charge is 0.486 e. The van der Waals surface area contributed by atoms with E-state index >= 15 is 0 Å². The van der Waals surface area contributed by atoms with E-state index < -0.39 is 22.0 Å². The number of sulfonamides is 1. The summed E-state index contributed by atoms with van der Waals surface area (Å²) in [7, 11) is -3.96. The van der Waals surface area contributed by atoms with Crippen LogP contribution in [0.15, 0.2) is 41.3 Å². The van der Waals surface area contributed by atoms with Crippen LogP contribution in [0.3, 0.4) is 0 Å². The summed E-state index contributed by atoms with van der Waals surface area (Å²) in [5.41, 5.74) is 0.819. The van der Waals surface area contributed by atoms with E-state index in [1.54, 1.807) is 32.0 Å². The molecule has 0 saturated carbocycles. The van der Waals surface area contributed by atoms with Crippen LogP contribution in [0.1, 0.15) is 19.4 Å². The number of amides is 1. The lowest BCUT2D eigenvalue weighted by atomic mass is 10.0. The van der Waals surface area contributed by atoms with Crippen molar-refractivity contribution in [3.05, 3.63) is 42.0 Å². The van der Waals surface area contributed by atoms with Gasteiger partial charge in [0.1, 0.15) is 32.5 Å². The van der Waals surface area contributed by atoms with Crippen LogP contribution in [0, 0.1) is 5.92 Å². The molecule has 2 aromatic carbocycles. The summed E-state index contributed by atoms with van der Waals surface area (Å²) >= 11 is 0. The molecule has 2 aromatic rings. The minimum Gasteiger partial charge on any atom is -0.486 e. The van der Waals surface area contributed by atoms with Gasteiger partial charge in [-0.25, -0.2) is 8.42 Å². The lowest BCUT2D eigenvalue weighted by molar-refractivity contribution is -0.123. The molecular formula is C22H26N2O7S. The van der Waals surface area contributed by atoms with Crippen LogP contribution in [0.2, 0.25) is 0 Å². The van der Waals surface area contributed by atoms with Crippen LogP contribution in [0.5, 0.6) is 23.0 Å². The maximum absolute atomic E-state index is 13.0. The fraction of sp³-hybridized carbons (Fsp3) is 0.409. The Morgan fingerprint density at radius 3 is 2.06 bits per heavy atom. The maximum Gasteiger partial charge on any atom is 0.241 e. The van der Waals surface area contributed by atoms with E-state index in [0.29, 0.717) is 49.4 Å². The predicted molar refractivity (Wildman–Crippen MR) is 116 cm³/mol. The van der Waals surface area contributed by atoms with E-state index in [2.05, 4.69) is 10.0 Å². The Morgan fingerprint density at radius 2 is 1.44 bits per heavy atom. The van der Waals surface area contributed by atoms with E-state index in [1.165, 1.54) is 12.1 Å². The van der Waals surface area contributed by atoms with Crippen LogP contribution >= 0.6 is 0 Å². The summed E-state index contributed by atoms with van der Waals surface area (Å²) in [5.74, 6) is 1.45. The fourth-order valence-electron chi connectivity index (χ4n) is 3.42. The number of ether oxygens (including phenoxy) is 4. The molecule has 2 aliphatic rings. The molecule has 172 valence electrons. The standard InChI is InChI=1S/C22H26N2O7S/c1-14(2)21(22(25)23-13-15-3-5-17-19(11-15)30-9-7-28-17)24-32(26,27)16-4-6-18-20(12-16)31-10-8-29-18/h3-6,11-12,14,21,24H,7-10,13H2,1-2H3,(H,23,25)/t21-/m0/s1. The van der Waals surface area contributed by atoms with Gasteiger partial charge in [0.05, 0.1) is 4.90 Å². The number of hydrogen-bond acceptors (Lipinski definition) is 7. The monoisotopic (exact) mass is 462 g/mol. The Bertz CT molecular complexity index is 1100. The highest BCUT2D eigenvalue weighted by Gasteiger charge is 2.29. The quantitative estimate of drug-likeness (QED) is 0.646. The van der Waals surface area contributed by atoms with Crippen molar-refractivity contribution < 1.29 is 32.2 Å². The minimum atomic E-state index is -3.96. The molecule has 0 aliphatic carbocycles. The molecule has 0 radical (unpaired) electrons. The van der Waals surface area contributed by atoms with Gasteiger partial charge in [-0.05, 0) is 35.7 Å². The Hall–Kier alpha value is -2.98. The van der Waals surface area contributed by atoms with Crippen molar-refractivity contribution in [3.8, 4) is 23.0 Å². The van der Waals surface area contributed by atoms with Gasteiger partial charge >= 0.3 is 0 Å². The first-order chi connectivity index (χ1) is 15.3. The summed E-state index contributed by atoms with van der Waals surface area (Å²) in [6.45, 7) is 5.52. The minimum absolute atomic E-state index is 0.00651. The lowest BCUT2D eigenvalue weighted by Gasteiger charge is -2.23. The van der Waals surface area contributed by atoms with Gasteiger partial charge in [0.15, 0.2) is 23.0 Å². The van der Waals surface area contributed by atoms with Gasteiger partial charge < -0.3 is 24.3 Å². The molecule has 0 bridgehead atoms. The van der Waals surface area contributed by atoms with Crippen LogP contribution in [-0.2, 0) is 21.4 Å². The Balaban J connectivity index is 1.44. The van der Waals surface area contributed by atoms with Crippen LogP contribution in [-0.4, -0.2) is 46.8 Å². The fourth-order valence-corrected chi connectivity index (χ4v) is 4.77. The van der Waals surface area contributed by atoms with Gasteiger partial charge in [-0.2, -0.15) is 4.72 Å². The van der Waals surface area contributed by atoms with Gasteiger partial charge in [-0.3, -0.25) is 4.79 Å². The third-order valence-corrected chi connectivity index (χ3v) is 6.57. The SMILES string of the molecule is CC(C)[C@H](NS(=O)(=O)c1ccc2c(c1)OCCO2)C(=O)NCc1ccc2c(c1)OCCO2. The third-order valence-electron chi connectivity index (χ3n) is 5.13. The third kappa shape index (κ3) is 4.91. The highest BCUT2D eigenvalue weighted by Crippen LogP contribution is 2.32. The molecule has 0 fully saturated rings. The molecule has 4 rings (SSSR count). The first kappa shape index (κ1) is 22.2. The predicted octanol–water partition coefficient (Wildman–Crippen LogP) is 1.85. The molecule has 2 N–H and O–H groups in total. The van der Waals surface area contributed by atoms with Gasteiger partial charge in [0.2, 0.25) is 15.9 Å². The van der Waals surface area contributed by atoms with Gasteiger partial charge in [0.25, 0.3) is 0 Å². The number of carbonyl (C=O) groups is 1. The zero-order valence-electron chi connectivity index (χ0n) is 17.9. The van der Waals surface area contributed by atoms with Crippen molar-refractivity contribution >= 4 is 15.9 Å². The molecule has 2 aliphatic heterocycles. The van der Waals surface area contributed by atoms with Crippen molar-refractivity contribution in [2.75, 3.05) is 26.4 Å². The molecule has 2 heterocycles. The van der Waals surface area contributed by atoms with Crippen molar-refractivity contribution in [2.24, 2.45) is 5.92 Å². The number of benzene rings is 2. The second-order valence-corrected chi connectivity index (χ2v) is 9.56. The average molecular weight is 463 g/mol. The lowest BCUT2D eigenvalue weighted by Crippen LogP contribution is -2.49. The normalized spacial score (nSPS) is 15.8. The molecule has 0 spiro atoms. The van der Waals surface area contributed by atoms with E-state index in [4.69, 9.17) is 18.9 Å². The van der Waals surface area contributed by atoms with Gasteiger partial charge in [-0.15, -0.1) is 0 Å². The zero-order valence-corrected chi connectivity index (χ0v) is 18.7. The molecule has 0 unspecified atom stereocenters. The molecule has 32 heavy (non-hydrogen) atoms. The number of carbonyl (C=O) groups excluding carboxylic acids is 1.